The predicted molar refractivity (Wildman–Crippen MR) is 111 cm³/mol. The number of likely N-dealkylation sites (tertiary alicyclic amines) is 1. The molecule has 6 heteroatoms. The highest BCUT2D eigenvalue weighted by molar-refractivity contribution is 8.01. The average Bonchev–Trinajstić information content (AvgIpc) is 3.12. The molecule has 28 heavy (non-hydrogen) atoms. The number of fused-ring (bicyclic) bond motifs is 1. The minimum absolute atomic E-state index is 0.282. The lowest BCUT2D eigenvalue weighted by Gasteiger charge is -2.46. The van der Waals surface area contributed by atoms with Crippen LogP contribution in [0.15, 0.2) is 30.3 Å². The van der Waals surface area contributed by atoms with E-state index in [1.807, 2.05) is 11.8 Å². The van der Waals surface area contributed by atoms with Crippen LogP contribution in [0.1, 0.15) is 43.7 Å². The summed E-state index contributed by atoms with van der Waals surface area (Å²) >= 11 is 1.95. The average molecular weight is 399 g/mol. The number of rotatable bonds is 5. The van der Waals surface area contributed by atoms with Crippen LogP contribution in [0, 0.1) is 29.2 Å². The van der Waals surface area contributed by atoms with Gasteiger partial charge in [-0.3, -0.25) is 10.2 Å². The molecule has 0 bridgehead atoms. The Labute approximate surface area is 171 Å². The van der Waals surface area contributed by atoms with Crippen molar-refractivity contribution in [3.8, 4) is 6.19 Å². The van der Waals surface area contributed by atoms with Gasteiger partial charge in [-0.05, 0) is 36.2 Å². The molecule has 0 amide bonds. The van der Waals surface area contributed by atoms with Gasteiger partial charge in [0.05, 0.1) is 0 Å². The minimum atomic E-state index is -0.468. The Morgan fingerprint density at radius 1 is 1.18 bits per heavy atom. The normalized spacial score (nSPS) is 39.3. The maximum absolute atomic E-state index is 11.6. The van der Waals surface area contributed by atoms with E-state index in [4.69, 9.17) is 5.26 Å². The second-order valence-corrected chi connectivity index (χ2v) is 10.3. The van der Waals surface area contributed by atoms with Crippen LogP contribution in [-0.4, -0.2) is 46.0 Å². The molecule has 6 atom stereocenters. The van der Waals surface area contributed by atoms with E-state index in [9.17, 15) is 5.11 Å². The van der Waals surface area contributed by atoms with Crippen LogP contribution in [0.3, 0.4) is 0 Å². The highest BCUT2D eigenvalue weighted by atomic mass is 32.2. The van der Waals surface area contributed by atoms with Crippen molar-refractivity contribution in [3.05, 3.63) is 35.9 Å². The summed E-state index contributed by atoms with van der Waals surface area (Å²) in [5, 5.41) is 27.4. The summed E-state index contributed by atoms with van der Waals surface area (Å²) < 4.78 is 0. The van der Waals surface area contributed by atoms with Crippen molar-refractivity contribution in [2.75, 3.05) is 18.8 Å². The number of thioether (sulfide) groups is 1. The fourth-order valence-corrected chi connectivity index (χ4v) is 7.60. The van der Waals surface area contributed by atoms with Crippen molar-refractivity contribution in [3.63, 3.8) is 0 Å². The van der Waals surface area contributed by atoms with E-state index in [1.54, 1.807) is 0 Å². The lowest BCUT2D eigenvalue weighted by Crippen LogP contribution is -2.61. The first-order chi connectivity index (χ1) is 13.7. The first-order valence-electron chi connectivity index (χ1n) is 10.8. The summed E-state index contributed by atoms with van der Waals surface area (Å²) in [7, 11) is 0. The summed E-state index contributed by atoms with van der Waals surface area (Å²) in [6, 6.07) is 11.3. The standard InChI is InChI=1S/C22H30N4OS/c23-14-24-20-17-11-26(12-18(17)20)21(27)22(16-9-5-2-6-10-16)25-19(13-28-22)15-7-3-1-4-8-15/h1,3-4,7-8,16-21,24-25,27H,2,5-6,9-13H2/t17-,18+,19?,20+,21?,22?. The van der Waals surface area contributed by atoms with Gasteiger partial charge in [-0.25, -0.2) is 0 Å². The Morgan fingerprint density at radius 2 is 1.89 bits per heavy atom. The van der Waals surface area contributed by atoms with Gasteiger partial charge in [0, 0.05) is 30.9 Å². The van der Waals surface area contributed by atoms with Gasteiger partial charge in [0.2, 0.25) is 0 Å². The van der Waals surface area contributed by atoms with E-state index in [-0.39, 0.29) is 4.87 Å². The topological polar surface area (TPSA) is 71.3 Å². The van der Waals surface area contributed by atoms with E-state index in [1.165, 1.54) is 37.7 Å². The van der Waals surface area contributed by atoms with Gasteiger partial charge in [0.15, 0.2) is 6.19 Å². The summed E-state index contributed by atoms with van der Waals surface area (Å²) in [6.45, 7) is 1.80. The van der Waals surface area contributed by atoms with Crippen molar-refractivity contribution >= 4 is 11.8 Å². The number of nitrogens with one attached hydrogen (secondary N) is 2. The number of piperidine rings is 1. The van der Waals surface area contributed by atoms with Crippen molar-refractivity contribution in [1.82, 2.24) is 15.5 Å². The summed E-state index contributed by atoms with van der Waals surface area (Å²) in [5.41, 5.74) is 1.32. The van der Waals surface area contributed by atoms with Crippen LogP contribution in [0.5, 0.6) is 0 Å². The molecule has 150 valence electrons. The highest BCUT2D eigenvalue weighted by Crippen LogP contribution is 2.52. The third-order valence-corrected chi connectivity index (χ3v) is 9.12. The number of nitrogens with zero attached hydrogens (tertiary/aromatic N) is 2. The molecule has 2 aliphatic heterocycles. The van der Waals surface area contributed by atoms with E-state index in [2.05, 4.69) is 52.1 Å². The number of aliphatic hydroxyl groups excluding tert-OH is 1. The lowest BCUT2D eigenvalue weighted by atomic mass is 9.82. The highest BCUT2D eigenvalue weighted by Gasteiger charge is 2.60. The Morgan fingerprint density at radius 3 is 2.57 bits per heavy atom. The number of aliphatic hydroxyl groups is 1. The Bertz CT molecular complexity index is 722. The Kier molecular flexibility index (Phi) is 5.04. The van der Waals surface area contributed by atoms with Crippen LogP contribution in [0.25, 0.3) is 0 Å². The number of hydrogen-bond acceptors (Lipinski definition) is 6. The summed E-state index contributed by atoms with van der Waals surface area (Å²) in [4.78, 5) is 2.00. The summed E-state index contributed by atoms with van der Waals surface area (Å²) in [6.07, 6.45) is 7.91. The van der Waals surface area contributed by atoms with Crippen molar-refractivity contribution in [1.29, 1.82) is 5.26 Å². The smallest absolute Gasteiger partial charge is 0.176 e. The van der Waals surface area contributed by atoms with Gasteiger partial charge in [-0.15, -0.1) is 11.8 Å². The van der Waals surface area contributed by atoms with Crippen molar-refractivity contribution in [2.24, 2.45) is 17.8 Å². The maximum atomic E-state index is 11.6. The molecule has 2 heterocycles. The van der Waals surface area contributed by atoms with Crippen LogP contribution < -0.4 is 10.6 Å². The monoisotopic (exact) mass is 398 g/mol. The predicted octanol–water partition coefficient (Wildman–Crippen LogP) is 2.66. The lowest BCUT2D eigenvalue weighted by molar-refractivity contribution is -0.0520. The van der Waals surface area contributed by atoms with Gasteiger partial charge in [0.25, 0.3) is 0 Å². The molecule has 3 N–H and O–H groups in total. The van der Waals surface area contributed by atoms with E-state index in [0.717, 1.165) is 18.8 Å². The summed E-state index contributed by atoms with van der Waals surface area (Å²) in [5.74, 6) is 2.57. The molecule has 5 rings (SSSR count). The van der Waals surface area contributed by atoms with E-state index in [0.29, 0.717) is 29.8 Å². The van der Waals surface area contributed by atoms with Gasteiger partial charge in [-0.2, -0.15) is 5.26 Å². The second kappa shape index (κ2) is 7.53. The zero-order valence-electron chi connectivity index (χ0n) is 16.3. The maximum Gasteiger partial charge on any atom is 0.176 e. The fourth-order valence-electron chi connectivity index (χ4n) is 5.89. The number of hydrogen-bond donors (Lipinski definition) is 3. The molecule has 2 saturated carbocycles. The van der Waals surface area contributed by atoms with Crippen LogP contribution >= 0.6 is 11.8 Å². The first kappa shape index (κ1) is 18.7. The van der Waals surface area contributed by atoms with Gasteiger partial charge < -0.3 is 10.4 Å². The molecular formula is C22H30N4OS. The van der Waals surface area contributed by atoms with Crippen molar-refractivity contribution in [2.45, 2.75) is 55.3 Å². The minimum Gasteiger partial charge on any atom is -0.375 e. The van der Waals surface area contributed by atoms with Crippen LogP contribution in [-0.2, 0) is 0 Å². The van der Waals surface area contributed by atoms with E-state index < -0.39 is 6.23 Å². The fraction of sp³-hybridized carbons (Fsp3) is 0.682. The molecule has 4 aliphatic rings. The third kappa shape index (κ3) is 3.13. The van der Waals surface area contributed by atoms with Crippen LogP contribution in [0.2, 0.25) is 0 Å². The molecule has 0 radical (unpaired) electrons. The first-order valence-corrected chi connectivity index (χ1v) is 11.7. The van der Waals surface area contributed by atoms with E-state index >= 15 is 0 Å². The Hall–Kier alpha value is -1.26. The molecule has 5 nitrogen and oxygen atoms in total. The van der Waals surface area contributed by atoms with Gasteiger partial charge in [0.1, 0.15) is 11.1 Å². The van der Waals surface area contributed by atoms with Crippen molar-refractivity contribution < 1.29 is 5.11 Å². The quantitative estimate of drug-likeness (QED) is 0.523. The number of nitriles is 1. The molecule has 4 fully saturated rings. The molecule has 0 spiro atoms. The molecule has 1 aromatic carbocycles. The second-order valence-electron chi connectivity index (χ2n) is 8.98. The van der Waals surface area contributed by atoms with Crippen LogP contribution in [0.4, 0.5) is 0 Å². The molecular weight excluding hydrogens is 368 g/mol. The van der Waals surface area contributed by atoms with Gasteiger partial charge >= 0.3 is 0 Å². The molecule has 1 aromatic rings. The number of benzene rings is 1. The zero-order chi connectivity index (χ0) is 19.1. The largest absolute Gasteiger partial charge is 0.375 e. The van der Waals surface area contributed by atoms with Gasteiger partial charge in [-0.1, -0.05) is 49.6 Å². The molecule has 3 unspecified atom stereocenters. The Balaban J connectivity index is 1.35. The SMILES string of the molecule is N#CN[C@H]1[C@@H]2CN(C(O)C3(C4CCCCC4)NC(c4ccccc4)CS3)C[C@@H]21. The molecule has 0 aromatic heterocycles. The molecule has 2 saturated heterocycles. The third-order valence-electron chi connectivity index (χ3n) is 7.49. The zero-order valence-corrected chi connectivity index (χ0v) is 17.1. The molecule has 2 aliphatic carbocycles.